The molecule has 4 heterocycles. The van der Waals surface area contributed by atoms with E-state index in [0.717, 1.165) is 19.4 Å². The molecule has 140 valence electrons. The number of anilines is 1. The van der Waals surface area contributed by atoms with Gasteiger partial charge in [0.05, 0.1) is 12.4 Å². The Balaban J connectivity index is 1.47. The van der Waals surface area contributed by atoms with Crippen molar-refractivity contribution < 1.29 is 19.7 Å². The van der Waals surface area contributed by atoms with Crippen molar-refractivity contribution in [3.63, 3.8) is 0 Å². The van der Waals surface area contributed by atoms with E-state index < -0.39 is 24.5 Å². The van der Waals surface area contributed by atoms with Crippen LogP contribution in [0.4, 0.5) is 5.82 Å². The summed E-state index contributed by atoms with van der Waals surface area (Å²) in [6, 6.07) is -0.216. The van der Waals surface area contributed by atoms with E-state index in [1.165, 1.54) is 17.2 Å². The Bertz CT molecular complexity index is 806. The van der Waals surface area contributed by atoms with E-state index >= 15 is 0 Å². The Kier molecular flexibility index (Phi) is 4.44. The number of fused-ring (bicyclic) bond motifs is 1. The van der Waals surface area contributed by atoms with Crippen molar-refractivity contribution >= 4 is 22.9 Å². The van der Waals surface area contributed by atoms with E-state index in [1.54, 1.807) is 0 Å². The largest absolute Gasteiger partial charge is 0.387 e. The van der Waals surface area contributed by atoms with E-state index in [4.69, 9.17) is 10.5 Å². The van der Waals surface area contributed by atoms with Gasteiger partial charge < -0.3 is 31.3 Å². The number of carbonyl (C=O) groups is 1. The quantitative estimate of drug-likeness (QED) is 0.410. The molecular weight excluding hydrogens is 342 g/mol. The highest BCUT2D eigenvalue weighted by molar-refractivity contribution is 5.82. The van der Waals surface area contributed by atoms with Crippen LogP contribution in [0, 0.1) is 0 Å². The Morgan fingerprint density at radius 2 is 2.23 bits per heavy atom. The molecule has 5 atom stereocenters. The minimum atomic E-state index is -1.20. The summed E-state index contributed by atoms with van der Waals surface area (Å²) < 4.78 is 7.28. The molecule has 26 heavy (non-hydrogen) atoms. The molecule has 0 bridgehead atoms. The van der Waals surface area contributed by atoms with E-state index in [1.807, 2.05) is 0 Å². The molecule has 0 aromatic carbocycles. The lowest BCUT2D eigenvalue weighted by atomic mass is 10.1. The molecule has 0 spiro atoms. The molecule has 0 saturated carbocycles. The molecule has 2 aromatic rings. The summed E-state index contributed by atoms with van der Waals surface area (Å²) in [5.41, 5.74) is 6.55. The third kappa shape index (κ3) is 2.88. The number of ether oxygens (including phenoxy) is 1. The van der Waals surface area contributed by atoms with Crippen LogP contribution in [0.25, 0.3) is 11.2 Å². The molecule has 2 saturated heterocycles. The lowest BCUT2D eigenvalue weighted by molar-refractivity contribution is -0.123. The number of aliphatic hydroxyl groups is 2. The lowest BCUT2D eigenvalue weighted by Crippen LogP contribution is -2.45. The summed E-state index contributed by atoms with van der Waals surface area (Å²) in [5.74, 6) is 0.0829. The molecule has 2 aromatic heterocycles. The maximum absolute atomic E-state index is 12.1. The second-order valence-electron chi connectivity index (χ2n) is 6.52. The number of hydrogen-bond acceptors (Lipinski definition) is 9. The number of rotatable bonds is 4. The summed E-state index contributed by atoms with van der Waals surface area (Å²) in [5, 5.41) is 26.5. The first-order chi connectivity index (χ1) is 12.6. The molecule has 2 fully saturated rings. The first-order valence-corrected chi connectivity index (χ1v) is 8.52. The Hall–Kier alpha value is -2.34. The fraction of sp³-hybridized carbons (Fsp3) is 0.600. The normalized spacial score (nSPS) is 31.5. The van der Waals surface area contributed by atoms with Crippen molar-refractivity contribution in [1.29, 1.82) is 0 Å². The summed E-state index contributed by atoms with van der Waals surface area (Å²) in [7, 11) is 0. The Labute approximate surface area is 148 Å². The first-order valence-electron chi connectivity index (χ1n) is 8.52. The van der Waals surface area contributed by atoms with Gasteiger partial charge in [0.25, 0.3) is 0 Å². The number of aromatic nitrogens is 4. The van der Waals surface area contributed by atoms with Gasteiger partial charge in [-0.25, -0.2) is 15.0 Å². The number of imidazole rings is 1. The fourth-order valence-corrected chi connectivity index (χ4v) is 3.42. The van der Waals surface area contributed by atoms with Crippen molar-refractivity contribution in [1.82, 2.24) is 30.2 Å². The van der Waals surface area contributed by atoms with Crippen LogP contribution in [0.5, 0.6) is 0 Å². The van der Waals surface area contributed by atoms with E-state index in [2.05, 4.69) is 25.6 Å². The highest BCUT2D eigenvalue weighted by Crippen LogP contribution is 2.31. The standard InChI is InChI=1S/C15H21N7O4/c16-12-9-13(20-5-19-12)22(6-21-9)15-11(24)10(23)8(26-15)4-18-14(25)7-2-1-3-17-7/h5-8,10-11,15,17,23-24H,1-4H2,(H,18,25)(H2,16,19,20)/t7-,8+,10+,11+,15+/m0/s1. The van der Waals surface area contributed by atoms with Gasteiger partial charge in [-0.15, -0.1) is 0 Å². The smallest absolute Gasteiger partial charge is 0.237 e. The van der Waals surface area contributed by atoms with E-state index in [0.29, 0.717) is 11.2 Å². The van der Waals surface area contributed by atoms with Gasteiger partial charge in [0.15, 0.2) is 17.7 Å². The van der Waals surface area contributed by atoms with Crippen LogP contribution < -0.4 is 16.4 Å². The predicted octanol–water partition coefficient (Wildman–Crippen LogP) is -2.10. The van der Waals surface area contributed by atoms with Gasteiger partial charge in [-0.05, 0) is 19.4 Å². The van der Waals surface area contributed by atoms with Crippen molar-refractivity contribution in [2.45, 2.75) is 43.4 Å². The monoisotopic (exact) mass is 363 g/mol. The zero-order valence-corrected chi connectivity index (χ0v) is 13.9. The third-order valence-electron chi connectivity index (χ3n) is 4.85. The van der Waals surface area contributed by atoms with Gasteiger partial charge in [-0.3, -0.25) is 9.36 Å². The molecule has 2 aliphatic heterocycles. The number of nitrogens with one attached hydrogen (secondary N) is 2. The van der Waals surface area contributed by atoms with Crippen LogP contribution in [-0.2, 0) is 9.53 Å². The lowest BCUT2D eigenvalue weighted by Gasteiger charge is -2.17. The number of amides is 1. The second kappa shape index (κ2) is 6.76. The highest BCUT2D eigenvalue weighted by Gasteiger charge is 2.44. The molecule has 11 heteroatoms. The summed E-state index contributed by atoms with van der Waals surface area (Å²) in [6.45, 7) is 0.912. The number of hydrogen-bond donors (Lipinski definition) is 5. The Morgan fingerprint density at radius 3 is 3.00 bits per heavy atom. The van der Waals surface area contributed by atoms with Crippen molar-refractivity contribution in [3.05, 3.63) is 12.7 Å². The number of nitrogen functional groups attached to an aromatic ring is 1. The molecule has 0 aliphatic carbocycles. The van der Waals surface area contributed by atoms with Crippen molar-refractivity contribution in [2.75, 3.05) is 18.8 Å². The van der Waals surface area contributed by atoms with Gasteiger partial charge in [0.2, 0.25) is 5.91 Å². The van der Waals surface area contributed by atoms with Gasteiger partial charge in [-0.2, -0.15) is 0 Å². The molecular formula is C15H21N7O4. The van der Waals surface area contributed by atoms with Crippen LogP contribution in [0.2, 0.25) is 0 Å². The number of nitrogens with zero attached hydrogens (tertiary/aromatic N) is 4. The first kappa shape index (κ1) is 17.1. The average Bonchev–Trinajstić information content (AvgIpc) is 3.35. The summed E-state index contributed by atoms with van der Waals surface area (Å²) >= 11 is 0. The summed E-state index contributed by atoms with van der Waals surface area (Å²) in [4.78, 5) is 24.2. The van der Waals surface area contributed by atoms with Crippen LogP contribution in [-0.4, -0.2) is 73.1 Å². The van der Waals surface area contributed by atoms with Crippen molar-refractivity contribution in [2.24, 2.45) is 0 Å². The number of aliphatic hydroxyl groups excluding tert-OH is 2. The predicted molar refractivity (Wildman–Crippen MR) is 89.7 cm³/mol. The zero-order valence-electron chi connectivity index (χ0n) is 13.9. The highest BCUT2D eigenvalue weighted by atomic mass is 16.6. The van der Waals surface area contributed by atoms with Gasteiger partial charge in [0.1, 0.15) is 30.2 Å². The average molecular weight is 363 g/mol. The summed E-state index contributed by atoms with van der Waals surface area (Å²) in [6.07, 6.45) is 0.462. The van der Waals surface area contributed by atoms with E-state index in [9.17, 15) is 15.0 Å². The minimum Gasteiger partial charge on any atom is -0.387 e. The van der Waals surface area contributed by atoms with Crippen LogP contribution >= 0.6 is 0 Å². The SMILES string of the molecule is Nc1ncnc2c1ncn2[C@@H]1O[C@H](CNC(=O)[C@@H]2CCCN2)[C@@H](O)[C@H]1O. The molecule has 0 radical (unpaired) electrons. The zero-order chi connectivity index (χ0) is 18.3. The van der Waals surface area contributed by atoms with Crippen LogP contribution in [0.3, 0.4) is 0 Å². The van der Waals surface area contributed by atoms with E-state index in [-0.39, 0.29) is 24.3 Å². The maximum atomic E-state index is 12.1. The van der Waals surface area contributed by atoms with Gasteiger partial charge >= 0.3 is 0 Å². The number of nitrogens with two attached hydrogens (primary N) is 1. The maximum Gasteiger partial charge on any atom is 0.237 e. The van der Waals surface area contributed by atoms with Gasteiger partial charge in [0, 0.05) is 6.54 Å². The van der Waals surface area contributed by atoms with Crippen LogP contribution in [0.15, 0.2) is 12.7 Å². The van der Waals surface area contributed by atoms with Crippen LogP contribution in [0.1, 0.15) is 19.1 Å². The molecule has 6 N–H and O–H groups in total. The molecule has 2 aliphatic rings. The van der Waals surface area contributed by atoms with Gasteiger partial charge in [-0.1, -0.05) is 0 Å². The third-order valence-corrected chi connectivity index (χ3v) is 4.85. The molecule has 1 amide bonds. The molecule has 4 rings (SSSR count). The second-order valence-corrected chi connectivity index (χ2v) is 6.52. The molecule has 11 nitrogen and oxygen atoms in total. The minimum absolute atomic E-state index is 0.0928. The number of carbonyl (C=O) groups excluding carboxylic acids is 1. The molecule has 0 unspecified atom stereocenters. The topological polar surface area (TPSA) is 160 Å². The fourth-order valence-electron chi connectivity index (χ4n) is 3.42. The van der Waals surface area contributed by atoms with Crippen molar-refractivity contribution in [3.8, 4) is 0 Å². The Morgan fingerprint density at radius 1 is 1.38 bits per heavy atom.